The van der Waals surface area contributed by atoms with Crippen LogP contribution in [0.15, 0.2) is 24.3 Å². The van der Waals surface area contributed by atoms with Crippen LogP contribution in [0.4, 0.5) is 5.69 Å². The van der Waals surface area contributed by atoms with Crippen LogP contribution in [0.5, 0.6) is 0 Å². The van der Waals surface area contributed by atoms with E-state index >= 15 is 0 Å². The first-order valence-electron chi connectivity index (χ1n) is 9.29. The standard InChI is InChI=1S/C19H28N4O3.2ClH/c1-13-17(21-8-10-26-13)19(25)22-16-6-4-14(5-7-16)11-23-9-2-3-15(12-23)18(20)24;;/h4-7,13,15,17,21H,2-3,8-12H2,1H3,(H2,20,24)(H,22,25);2*1H/t13-,15?,17+;;/m1../s1. The minimum absolute atomic E-state index is 0. The van der Waals surface area contributed by atoms with Gasteiger partial charge in [-0.05, 0) is 44.0 Å². The first-order chi connectivity index (χ1) is 12.5. The molecule has 0 aromatic heterocycles. The number of nitrogens with zero attached hydrogens (tertiary/aromatic N) is 1. The average Bonchev–Trinajstić information content (AvgIpc) is 2.64. The minimum Gasteiger partial charge on any atom is -0.375 e. The van der Waals surface area contributed by atoms with Crippen LogP contribution >= 0.6 is 24.8 Å². The van der Waals surface area contributed by atoms with Crippen molar-refractivity contribution < 1.29 is 14.3 Å². The number of carbonyl (C=O) groups is 2. The number of nitrogens with two attached hydrogens (primary N) is 1. The van der Waals surface area contributed by atoms with Gasteiger partial charge in [-0.1, -0.05) is 12.1 Å². The fourth-order valence-corrected chi connectivity index (χ4v) is 3.63. The molecule has 1 unspecified atom stereocenters. The van der Waals surface area contributed by atoms with E-state index in [2.05, 4.69) is 15.5 Å². The number of ether oxygens (including phenoxy) is 1. The number of nitrogens with one attached hydrogen (secondary N) is 2. The zero-order valence-corrected chi connectivity index (χ0v) is 17.7. The summed E-state index contributed by atoms with van der Waals surface area (Å²) >= 11 is 0. The predicted molar refractivity (Wildman–Crippen MR) is 114 cm³/mol. The summed E-state index contributed by atoms with van der Waals surface area (Å²) in [5.74, 6) is -0.331. The number of anilines is 1. The fourth-order valence-electron chi connectivity index (χ4n) is 3.63. The van der Waals surface area contributed by atoms with Gasteiger partial charge in [0, 0.05) is 25.3 Å². The summed E-state index contributed by atoms with van der Waals surface area (Å²) in [7, 11) is 0. The number of primary amides is 1. The first kappa shape index (κ1) is 24.7. The van der Waals surface area contributed by atoms with Crippen LogP contribution in [0, 0.1) is 5.92 Å². The van der Waals surface area contributed by atoms with Crippen molar-refractivity contribution in [2.45, 2.75) is 38.5 Å². The van der Waals surface area contributed by atoms with E-state index in [1.54, 1.807) is 0 Å². The summed E-state index contributed by atoms with van der Waals surface area (Å²) in [6, 6.07) is 7.52. The molecule has 0 saturated carbocycles. The topological polar surface area (TPSA) is 96.7 Å². The maximum Gasteiger partial charge on any atom is 0.244 e. The van der Waals surface area contributed by atoms with Gasteiger partial charge in [0.15, 0.2) is 0 Å². The highest BCUT2D eigenvalue weighted by Gasteiger charge is 2.28. The van der Waals surface area contributed by atoms with Crippen molar-refractivity contribution in [1.82, 2.24) is 10.2 Å². The highest BCUT2D eigenvalue weighted by molar-refractivity contribution is 5.95. The van der Waals surface area contributed by atoms with Crippen molar-refractivity contribution in [3.8, 4) is 0 Å². The Morgan fingerprint density at radius 2 is 2.00 bits per heavy atom. The lowest BCUT2D eigenvalue weighted by atomic mass is 9.97. The van der Waals surface area contributed by atoms with E-state index in [1.165, 1.54) is 0 Å². The summed E-state index contributed by atoms with van der Waals surface area (Å²) in [6.45, 7) is 5.70. The Kier molecular flexibility index (Phi) is 10.2. The summed E-state index contributed by atoms with van der Waals surface area (Å²) in [5, 5.41) is 6.12. The van der Waals surface area contributed by atoms with Crippen molar-refractivity contribution in [3.63, 3.8) is 0 Å². The highest BCUT2D eigenvalue weighted by atomic mass is 35.5. The molecule has 2 aliphatic rings. The quantitative estimate of drug-likeness (QED) is 0.655. The molecule has 0 bridgehead atoms. The van der Waals surface area contributed by atoms with E-state index in [1.807, 2.05) is 31.2 Å². The molecule has 4 N–H and O–H groups in total. The molecule has 0 aliphatic carbocycles. The van der Waals surface area contributed by atoms with Gasteiger partial charge in [-0.3, -0.25) is 14.5 Å². The molecule has 2 heterocycles. The molecule has 1 aromatic rings. The normalized spacial score (nSPS) is 25.1. The summed E-state index contributed by atoms with van der Waals surface area (Å²) in [4.78, 5) is 26.0. The van der Waals surface area contributed by atoms with Gasteiger partial charge in [0.05, 0.1) is 18.6 Å². The minimum atomic E-state index is -0.331. The lowest BCUT2D eigenvalue weighted by Gasteiger charge is -2.31. The molecular formula is C19H30Cl2N4O3. The molecule has 0 spiro atoms. The number of hydrogen-bond acceptors (Lipinski definition) is 5. The first-order valence-corrected chi connectivity index (χ1v) is 9.29. The molecule has 2 fully saturated rings. The number of piperidine rings is 1. The lowest BCUT2D eigenvalue weighted by Crippen LogP contribution is -2.53. The van der Waals surface area contributed by atoms with E-state index in [4.69, 9.17) is 10.5 Å². The smallest absolute Gasteiger partial charge is 0.244 e. The number of amides is 2. The number of halogens is 2. The third kappa shape index (κ3) is 6.60. The zero-order valence-electron chi connectivity index (χ0n) is 16.1. The Bertz CT molecular complexity index is 645. The van der Waals surface area contributed by atoms with Crippen LogP contribution in [0.25, 0.3) is 0 Å². The Morgan fingerprint density at radius 1 is 1.29 bits per heavy atom. The van der Waals surface area contributed by atoms with Crippen LogP contribution in [0.3, 0.4) is 0 Å². The van der Waals surface area contributed by atoms with Crippen molar-refractivity contribution in [2.24, 2.45) is 11.7 Å². The predicted octanol–water partition coefficient (Wildman–Crippen LogP) is 1.54. The SMILES string of the molecule is C[C@H]1OCCN[C@@H]1C(=O)Nc1ccc(CN2CCCC(C(N)=O)C2)cc1.Cl.Cl. The molecule has 0 radical (unpaired) electrons. The van der Waals surface area contributed by atoms with Gasteiger partial charge in [0.1, 0.15) is 6.04 Å². The van der Waals surface area contributed by atoms with Gasteiger partial charge >= 0.3 is 0 Å². The van der Waals surface area contributed by atoms with E-state index in [9.17, 15) is 9.59 Å². The van der Waals surface area contributed by atoms with Crippen LogP contribution in [0.2, 0.25) is 0 Å². The van der Waals surface area contributed by atoms with Crippen molar-refractivity contribution in [1.29, 1.82) is 0 Å². The van der Waals surface area contributed by atoms with Gasteiger partial charge in [-0.25, -0.2) is 0 Å². The van der Waals surface area contributed by atoms with Gasteiger partial charge in [0.2, 0.25) is 11.8 Å². The van der Waals surface area contributed by atoms with E-state index < -0.39 is 0 Å². The maximum absolute atomic E-state index is 12.4. The molecule has 28 heavy (non-hydrogen) atoms. The molecule has 9 heteroatoms. The monoisotopic (exact) mass is 432 g/mol. The second-order valence-corrected chi connectivity index (χ2v) is 7.17. The number of morpholine rings is 1. The molecule has 3 atom stereocenters. The molecule has 7 nitrogen and oxygen atoms in total. The third-order valence-corrected chi connectivity index (χ3v) is 5.13. The van der Waals surface area contributed by atoms with Gasteiger partial charge in [-0.15, -0.1) is 24.8 Å². The average molecular weight is 433 g/mol. The summed E-state index contributed by atoms with van der Waals surface area (Å²) in [6.07, 6.45) is 1.74. The van der Waals surface area contributed by atoms with Crippen LogP contribution in [-0.4, -0.2) is 55.1 Å². The number of hydrogen-bond donors (Lipinski definition) is 3. The molecule has 2 aliphatic heterocycles. The zero-order chi connectivity index (χ0) is 18.5. The van der Waals surface area contributed by atoms with Gasteiger partial charge in [-0.2, -0.15) is 0 Å². The largest absolute Gasteiger partial charge is 0.375 e. The molecule has 2 saturated heterocycles. The van der Waals surface area contributed by atoms with Crippen LogP contribution < -0.4 is 16.4 Å². The lowest BCUT2D eigenvalue weighted by molar-refractivity contribution is -0.124. The summed E-state index contributed by atoms with van der Waals surface area (Å²) in [5.41, 5.74) is 7.36. The Hall–Kier alpha value is -1.38. The highest BCUT2D eigenvalue weighted by Crippen LogP contribution is 2.19. The maximum atomic E-state index is 12.4. The Balaban J connectivity index is 0.00000196. The van der Waals surface area contributed by atoms with E-state index in [0.29, 0.717) is 13.2 Å². The summed E-state index contributed by atoms with van der Waals surface area (Å²) < 4.78 is 5.52. The second kappa shape index (κ2) is 11.6. The number of benzene rings is 1. The Labute approximate surface area is 178 Å². The van der Waals surface area contributed by atoms with Crippen LogP contribution in [0.1, 0.15) is 25.3 Å². The van der Waals surface area contributed by atoms with Crippen molar-refractivity contribution >= 4 is 42.3 Å². The molecular weight excluding hydrogens is 403 g/mol. The third-order valence-electron chi connectivity index (χ3n) is 5.13. The number of rotatable bonds is 5. The molecule has 3 rings (SSSR count). The van der Waals surface area contributed by atoms with E-state index in [-0.39, 0.29) is 54.7 Å². The number of likely N-dealkylation sites (tertiary alicyclic amines) is 1. The van der Waals surface area contributed by atoms with Crippen molar-refractivity contribution in [3.05, 3.63) is 29.8 Å². The molecule has 2 amide bonds. The second-order valence-electron chi connectivity index (χ2n) is 7.17. The van der Waals surface area contributed by atoms with E-state index in [0.717, 1.165) is 43.7 Å². The van der Waals surface area contributed by atoms with Gasteiger partial charge < -0.3 is 21.1 Å². The van der Waals surface area contributed by atoms with Gasteiger partial charge in [0.25, 0.3) is 0 Å². The van der Waals surface area contributed by atoms with Crippen molar-refractivity contribution in [2.75, 3.05) is 31.6 Å². The number of carbonyl (C=O) groups excluding carboxylic acids is 2. The van der Waals surface area contributed by atoms with Crippen LogP contribution in [-0.2, 0) is 20.9 Å². The molecule has 1 aromatic carbocycles. The fraction of sp³-hybridized carbons (Fsp3) is 0.579. The Morgan fingerprint density at radius 3 is 2.64 bits per heavy atom. The molecule has 158 valence electrons.